The molecule has 1 atom stereocenters. The lowest BCUT2D eigenvalue weighted by molar-refractivity contribution is 0.426. The predicted molar refractivity (Wildman–Crippen MR) is 67.8 cm³/mol. The smallest absolute Gasteiger partial charge is 0.131 e. The van der Waals surface area contributed by atoms with Crippen molar-refractivity contribution in [2.24, 2.45) is 0 Å². The maximum atomic E-state index is 4.80. The van der Waals surface area contributed by atoms with E-state index < -0.39 is 0 Å². The van der Waals surface area contributed by atoms with E-state index in [0.717, 1.165) is 12.4 Å². The van der Waals surface area contributed by atoms with Gasteiger partial charge in [-0.25, -0.2) is 9.97 Å². The van der Waals surface area contributed by atoms with Crippen molar-refractivity contribution in [1.82, 2.24) is 15.3 Å². The minimum Gasteiger partial charge on any atom is -0.309 e. The van der Waals surface area contributed by atoms with E-state index in [4.69, 9.17) is 4.98 Å². The van der Waals surface area contributed by atoms with Gasteiger partial charge in [0.25, 0.3) is 0 Å². The average molecular weight is 231 g/mol. The van der Waals surface area contributed by atoms with Crippen molar-refractivity contribution in [2.75, 3.05) is 6.54 Å². The number of aromatic nitrogens is 2. The number of nitrogens with one attached hydrogen (secondary N) is 1. The van der Waals surface area contributed by atoms with Crippen molar-refractivity contribution in [3.05, 3.63) is 23.8 Å². The molecule has 1 aromatic rings. The summed E-state index contributed by atoms with van der Waals surface area (Å²) in [5.74, 6) is 1.71. The Bertz CT molecular complexity index is 365. The second-order valence-electron chi connectivity index (χ2n) is 5.32. The molecular formula is C14H21N3. The summed E-state index contributed by atoms with van der Waals surface area (Å²) in [5.41, 5.74) is 1.21. The summed E-state index contributed by atoms with van der Waals surface area (Å²) in [6, 6.07) is 2.55. The van der Waals surface area contributed by atoms with Gasteiger partial charge in [0.2, 0.25) is 0 Å². The predicted octanol–water partition coefficient (Wildman–Crippen LogP) is 2.95. The van der Waals surface area contributed by atoms with Gasteiger partial charge in [-0.3, -0.25) is 0 Å². The number of rotatable bonds is 2. The highest BCUT2D eigenvalue weighted by molar-refractivity contribution is 5.11. The van der Waals surface area contributed by atoms with Crippen molar-refractivity contribution in [3.8, 4) is 0 Å². The summed E-state index contributed by atoms with van der Waals surface area (Å²) in [7, 11) is 0. The van der Waals surface area contributed by atoms with E-state index in [1.807, 2.05) is 6.20 Å². The van der Waals surface area contributed by atoms with Crippen molar-refractivity contribution in [2.45, 2.75) is 56.9 Å². The Kier molecular flexibility index (Phi) is 3.36. The first-order valence-electron chi connectivity index (χ1n) is 7.00. The van der Waals surface area contributed by atoms with Gasteiger partial charge in [0.15, 0.2) is 0 Å². The van der Waals surface area contributed by atoms with Crippen LogP contribution in [0.25, 0.3) is 0 Å². The Labute approximate surface area is 103 Å². The third kappa shape index (κ3) is 2.49. The molecule has 1 aromatic heterocycles. The number of hydrogen-bond acceptors (Lipinski definition) is 3. The van der Waals surface area contributed by atoms with Crippen LogP contribution in [0.3, 0.4) is 0 Å². The fourth-order valence-electron chi connectivity index (χ4n) is 3.08. The lowest BCUT2D eigenvalue weighted by Crippen LogP contribution is -2.16. The maximum absolute atomic E-state index is 4.80. The summed E-state index contributed by atoms with van der Waals surface area (Å²) in [6.45, 7) is 1.13. The van der Waals surface area contributed by atoms with Crippen LogP contribution in [0.1, 0.15) is 68.4 Å². The van der Waals surface area contributed by atoms with Crippen LogP contribution in [-0.2, 0) is 0 Å². The van der Waals surface area contributed by atoms with E-state index in [9.17, 15) is 0 Å². The summed E-state index contributed by atoms with van der Waals surface area (Å²) < 4.78 is 0. The monoisotopic (exact) mass is 231 g/mol. The fraction of sp³-hybridized carbons (Fsp3) is 0.714. The van der Waals surface area contributed by atoms with Crippen LogP contribution < -0.4 is 5.32 Å². The quantitative estimate of drug-likeness (QED) is 0.850. The Morgan fingerprint density at radius 3 is 2.71 bits per heavy atom. The van der Waals surface area contributed by atoms with Crippen molar-refractivity contribution in [1.29, 1.82) is 0 Å². The van der Waals surface area contributed by atoms with E-state index in [0.29, 0.717) is 12.0 Å². The highest BCUT2D eigenvalue weighted by atomic mass is 15.0. The van der Waals surface area contributed by atoms with Gasteiger partial charge in [0, 0.05) is 18.2 Å². The molecule has 1 saturated heterocycles. The summed E-state index contributed by atoms with van der Waals surface area (Å²) >= 11 is 0. The minimum absolute atomic E-state index is 0.473. The first kappa shape index (κ1) is 11.1. The zero-order chi connectivity index (χ0) is 11.5. The second kappa shape index (κ2) is 5.13. The highest BCUT2D eigenvalue weighted by Gasteiger charge is 2.21. The summed E-state index contributed by atoms with van der Waals surface area (Å²) in [5, 5.41) is 3.51. The zero-order valence-electron chi connectivity index (χ0n) is 10.4. The van der Waals surface area contributed by atoms with Gasteiger partial charge in [-0.1, -0.05) is 19.3 Å². The third-order valence-corrected chi connectivity index (χ3v) is 4.08. The molecule has 1 saturated carbocycles. The van der Waals surface area contributed by atoms with Crippen molar-refractivity contribution in [3.63, 3.8) is 0 Å². The molecule has 2 heterocycles. The van der Waals surface area contributed by atoms with Crippen LogP contribution in [-0.4, -0.2) is 16.5 Å². The van der Waals surface area contributed by atoms with Crippen LogP contribution >= 0.6 is 0 Å². The Morgan fingerprint density at radius 2 is 1.94 bits per heavy atom. The molecule has 2 fully saturated rings. The Balaban J connectivity index is 1.77. The average Bonchev–Trinajstić information content (AvgIpc) is 2.94. The van der Waals surface area contributed by atoms with Crippen LogP contribution in [0.2, 0.25) is 0 Å². The molecule has 1 aliphatic heterocycles. The first-order chi connectivity index (χ1) is 8.43. The van der Waals surface area contributed by atoms with Gasteiger partial charge >= 0.3 is 0 Å². The highest BCUT2D eigenvalue weighted by Crippen LogP contribution is 2.31. The van der Waals surface area contributed by atoms with Crippen LogP contribution in [0, 0.1) is 0 Å². The zero-order valence-corrected chi connectivity index (χ0v) is 10.4. The molecule has 3 rings (SSSR count). The van der Waals surface area contributed by atoms with Gasteiger partial charge in [0.1, 0.15) is 5.82 Å². The second-order valence-corrected chi connectivity index (χ2v) is 5.32. The molecule has 17 heavy (non-hydrogen) atoms. The van der Waals surface area contributed by atoms with Crippen molar-refractivity contribution < 1.29 is 0 Å². The SMILES string of the molecule is c1cc(C2CCCN2)nc(C2CCCCC2)n1. The molecule has 3 heteroatoms. The van der Waals surface area contributed by atoms with Gasteiger partial charge in [0.05, 0.1) is 5.69 Å². The van der Waals surface area contributed by atoms with E-state index in [-0.39, 0.29) is 0 Å². The van der Waals surface area contributed by atoms with Gasteiger partial charge in [-0.15, -0.1) is 0 Å². The van der Waals surface area contributed by atoms with E-state index in [2.05, 4.69) is 16.4 Å². The molecule has 0 aromatic carbocycles. The molecular weight excluding hydrogens is 210 g/mol. The Morgan fingerprint density at radius 1 is 1.06 bits per heavy atom. The van der Waals surface area contributed by atoms with Crippen LogP contribution in [0.5, 0.6) is 0 Å². The third-order valence-electron chi connectivity index (χ3n) is 4.08. The molecule has 2 aliphatic rings. The van der Waals surface area contributed by atoms with Gasteiger partial charge in [-0.2, -0.15) is 0 Å². The van der Waals surface area contributed by atoms with Gasteiger partial charge in [-0.05, 0) is 38.3 Å². The molecule has 1 unspecified atom stereocenters. The normalized spacial score (nSPS) is 26.2. The fourth-order valence-corrected chi connectivity index (χ4v) is 3.08. The molecule has 0 radical (unpaired) electrons. The molecule has 1 N–H and O–H groups in total. The topological polar surface area (TPSA) is 37.8 Å². The molecule has 0 spiro atoms. The van der Waals surface area contributed by atoms with Crippen LogP contribution in [0.15, 0.2) is 12.3 Å². The minimum atomic E-state index is 0.473. The summed E-state index contributed by atoms with van der Waals surface area (Å²) in [6.07, 6.45) is 11.1. The lowest BCUT2D eigenvalue weighted by Gasteiger charge is -2.21. The molecule has 0 amide bonds. The molecule has 3 nitrogen and oxygen atoms in total. The number of hydrogen-bond donors (Lipinski definition) is 1. The summed E-state index contributed by atoms with van der Waals surface area (Å²) in [4.78, 5) is 9.30. The standard InChI is InChI=1S/C14H21N3/c1-2-5-11(6-3-1)14-16-10-8-13(17-14)12-7-4-9-15-12/h8,10-12,15H,1-7,9H2. The van der Waals surface area contributed by atoms with E-state index in [1.54, 1.807) is 0 Å². The lowest BCUT2D eigenvalue weighted by atomic mass is 9.88. The van der Waals surface area contributed by atoms with Crippen molar-refractivity contribution >= 4 is 0 Å². The maximum Gasteiger partial charge on any atom is 0.131 e. The Hall–Kier alpha value is -0.960. The van der Waals surface area contributed by atoms with Gasteiger partial charge < -0.3 is 5.32 Å². The van der Waals surface area contributed by atoms with Crippen LogP contribution in [0.4, 0.5) is 0 Å². The molecule has 1 aliphatic carbocycles. The largest absolute Gasteiger partial charge is 0.309 e. The molecule has 92 valence electrons. The van der Waals surface area contributed by atoms with E-state index >= 15 is 0 Å². The molecule has 0 bridgehead atoms. The number of nitrogens with zero attached hydrogens (tertiary/aromatic N) is 2. The first-order valence-corrected chi connectivity index (χ1v) is 7.00. The van der Waals surface area contributed by atoms with E-state index in [1.165, 1.54) is 50.6 Å².